The van der Waals surface area contributed by atoms with E-state index in [2.05, 4.69) is 15.5 Å². The van der Waals surface area contributed by atoms with Crippen molar-refractivity contribution in [1.29, 1.82) is 0 Å². The number of fused-ring (bicyclic) bond motifs is 1. The molecule has 0 radical (unpaired) electrons. The zero-order valence-electron chi connectivity index (χ0n) is 11.8. The van der Waals surface area contributed by atoms with E-state index in [0.717, 1.165) is 23.9 Å². The van der Waals surface area contributed by atoms with Gasteiger partial charge in [0.2, 0.25) is 0 Å². The molecule has 6 heteroatoms. The Kier molecular flexibility index (Phi) is 3.70. The maximum absolute atomic E-state index is 12.2. The van der Waals surface area contributed by atoms with Crippen LogP contribution in [0, 0.1) is 6.92 Å². The Balaban J connectivity index is 1.95. The highest BCUT2D eigenvalue weighted by Crippen LogP contribution is 2.22. The van der Waals surface area contributed by atoms with Crippen molar-refractivity contribution in [3.05, 3.63) is 34.2 Å². The number of hydrogen-bond acceptors (Lipinski definition) is 4. The molecular formula is C15H17N3O3. The fourth-order valence-corrected chi connectivity index (χ4v) is 2.61. The van der Waals surface area contributed by atoms with Crippen LogP contribution < -0.4 is 10.9 Å². The highest BCUT2D eigenvalue weighted by Gasteiger charge is 2.22. The summed E-state index contributed by atoms with van der Waals surface area (Å²) in [4.78, 5) is 24.3. The van der Waals surface area contributed by atoms with Crippen LogP contribution in [0.15, 0.2) is 23.0 Å². The van der Waals surface area contributed by atoms with E-state index in [9.17, 15) is 9.59 Å². The minimum absolute atomic E-state index is 0.198. The molecule has 1 aromatic heterocycles. The molecular weight excluding hydrogens is 270 g/mol. The topological polar surface area (TPSA) is 84.1 Å². The molecule has 21 heavy (non-hydrogen) atoms. The van der Waals surface area contributed by atoms with Crippen molar-refractivity contribution in [1.82, 2.24) is 10.2 Å². The molecule has 2 heterocycles. The predicted octanol–water partition coefficient (Wildman–Crippen LogP) is 1.74. The Hall–Kier alpha value is -2.21. The average Bonchev–Trinajstić information content (AvgIpc) is 2.52. The number of anilines is 1. The van der Waals surface area contributed by atoms with Crippen LogP contribution in [0.1, 0.15) is 25.0 Å². The molecule has 6 nitrogen and oxygen atoms in total. The summed E-state index contributed by atoms with van der Waals surface area (Å²) < 4.78 is 5.47. The number of hydrogen-bond donors (Lipinski definition) is 2. The molecule has 0 spiro atoms. The van der Waals surface area contributed by atoms with Gasteiger partial charge in [0.1, 0.15) is 6.10 Å². The lowest BCUT2D eigenvalue weighted by Crippen LogP contribution is -2.33. The van der Waals surface area contributed by atoms with Crippen molar-refractivity contribution >= 4 is 22.4 Å². The molecule has 3 rings (SSSR count). The third-order valence-electron chi connectivity index (χ3n) is 3.74. The van der Waals surface area contributed by atoms with E-state index in [1.165, 1.54) is 0 Å². The van der Waals surface area contributed by atoms with E-state index < -0.39 is 6.10 Å². The van der Waals surface area contributed by atoms with Gasteiger partial charge in [0.05, 0.1) is 16.8 Å². The van der Waals surface area contributed by atoms with Crippen molar-refractivity contribution < 1.29 is 9.53 Å². The third kappa shape index (κ3) is 2.67. The Morgan fingerprint density at radius 2 is 2.29 bits per heavy atom. The van der Waals surface area contributed by atoms with Gasteiger partial charge in [-0.1, -0.05) is 12.1 Å². The van der Waals surface area contributed by atoms with Gasteiger partial charge in [-0.2, -0.15) is 5.10 Å². The summed E-state index contributed by atoms with van der Waals surface area (Å²) in [5.74, 6) is -0.198. The summed E-state index contributed by atoms with van der Waals surface area (Å²) in [5.41, 5.74) is 0.907. The largest absolute Gasteiger partial charge is 0.368 e. The molecule has 2 aromatic rings. The summed E-state index contributed by atoms with van der Waals surface area (Å²) in [6.07, 6.45) is 2.25. The zero-order valence-corrected chi connectivity index (χ0v) is 11.8. The van der Waals surface area contributed by atoms with Crippen LogP contribution >= 0.6 is 0 Å². The van der Waals surface area contributed by atoms with Gasteiger partial charge in [-0.05, 0) is 32.3 Å². The van der Waals surface area contributed by atoms with Gasteiger partial charge in [-0.25, -0.2) is 5.10 Å². The Morgan fingerprint density at radius 1 is 1.43 bits per heavy atom. The second-order valence-corrected chi connectivity index (χ2v) is 5.21. The lowest BCUT2D eigenvalue weighted by Gasteiger charge is -2.22. The number of aryl methyl sites for hydroxylation is 1. The minimum Gasteiger partial charge on any atom is -0.368 e. The predicted molar refractivity (Wildman–Crippen MR) is 79.3 cm³/mol. The first-order chi connectivity index (χ1) is 10.2. The summed E-state index contributed by atoms with van der Waals surface area (Å²) in [6.45, 7) is 2.42. The molecule has 1 amide bonds. The van der Waals surface area contributed by atoms with Gasteiger partial charge in [-0.3, -0.25) is 9.59 Å². The number of amides is 1. The number of nitrogens with one attached hydrogen (secondary N) is 2. The monoisotopic (exact) mass is 287 g/mol. The molecule has 0 bridgehead atoms. The van der Waals surface area contributed by atoms with Crippen LogP contribution in [-0.4, -0.2) is 28.8 Å². The number of aromatic nitrogens is 2. The highest BCUT2D eigenvalue weighted by atomic mass is 16.5. The number of H-pyrrole nitrogens is 1. The molecule has 0 aliphatic carbocycles. The molecule has 1 saturated heterocycles. The quantitative estimate of drug-likeness (QED) is 0.881. The lowest BCUT2D eigenvalue weighted by molar-refractivity contribution is -0.129. The lowest BCUT2D eigenvalue weighted by atomic mass is 10.1. The normalized spacial score (nSPS) is 18.6. The number of ether oxygens (including phenoxy) is 1. The van der Waals surface area contributed by atoms with E-state index in [1.54, 1.807) is 12.1 Å². The molecule has 1 atom stereocenters. The fraction of sp³-hybridized carbons (Fsp3) is 0.400. The number of nitrogens with zero attached hydrogens (tertiary/aromatic N) is 1. The third-order valence-corrected chi connectivity index (χ3v) is 3.74. The number of benzene rings is 1. The highest BCUT2D eigenvalue weighted by molar-refractivity contribution is 6.03. The van der Waals surface area contributed by atoms with Gasteiger partial charge < -0.3 is 10.1 Å². The molecule has 0 saturated carbocycles. The summed E-state index contributed by atoms with van der Waals surface area (Å²) in [7, 11) is 0. The molecule has 2 N–H and O–H groups in total. The maximum Gasteiger partial charge on any atom is 0.274 e. The minimum atomic E-state index is -0.434. The van der Waals surface area contributed by atoms with E-state index in [0.29, 0.717) is 24.1 Å². The van der Waals surface area contributed by atoms with Crippen molar-refractivity contribution in [2.75, 3.05) is 11.9 Å². The van der Waals surface area contributed by atoms with Crippen molar-refractivity contribution in [2.45, 2.75) is 32.3 Å². The second kappa shape index (κ2) is 5.65. The van der Waals surface area contributed by atoms with E-state index in [1.807, 2.05) is 13.0 Å². The van der Waals surface area contributed by atoms with Crippen LogP contribution in [0.2, 0.25) is 0 Å². The first-order valence-corrected chi connectivity index (χ1v) is 7.07. The molecule has 1 fully saturated rings. The summed E-state index contributed by atoms with van der Waals surface area (Å²) in [6, 6.07) is 5.34. The van der Waals surface area contributed by atoms with Crippen LogP contribution in [-0.2, 0) is 9.53 Å². The summed E-state index contributed by atoms with van der Waals surface area (Å²) >= 11 is 0. The molecule has 1 aliphatic heterocycles. The smallest absolute Gasteiger partial charge is 0.274 e. The Labute approximate surface area is 121 Å². The fourth-order valence-electron chi connectivity index (χ4n) is 2.61. The SMILES string of the molecule is Cc1n[nH]c(=O)c2c(NC(=O)C3CCCCO3)cccc12. The average molecular weight is 287 g/mol. The second-order valence-electron chi connectivity index (χ2n) is 5.21. The number of aromatic amines is 1. The van der Waals surface area contributed by atoms with Gasteiger partial charge in [-0.15, -0.1) is 0 Å². The molecule has 110 valence electrons. The maximum atomic E-state index is 12.2. The standard InChI is InChI=1S/C15H17N3O3/c1-9-10-5-4-6-11(13(10)15(20)18-17-9)16-14(19)12-7-2-3-8-21-12/h4-6,12H,2-3,7-8H2,1H3,(H,16,19)(H,18,20). The number of rotatable bonds is 2. The molecule has 1 aromatic carbocycles. The first-order valence-electron chi connectivity index (χ1n) is 7.07. The number of carbonyl (C=O) groups excluding carboxylic acids is 1. The zero-order chi connectivity index (χ0) is 14.8. The first kappa shape index (κ1) is 13.8. The van der Waals surface area contributed by atoms with E-state index in [-0.39, 0.29) is 11.5 Å². The van der Waals surface area contributed by atoms with Gasteiger partial charge >= 0.3 is 0 Å². The number of carbonyl (C=O) groups is 1. The molecule has 1 aliphatic rings. The van der Waals surface area contributed by atoms with E-state index >= 15 is 0 Å². The van der Waals surface area contributed by atoms with E-state index in [4.69, 9.17) is 4.74 Å². The van der Waals surface area contributed by atoms with Crippen molar-refractivity contribution in [2.24, 2.45) is 0 Å². The van der Waals surface area contributed by atoms with Crippen LogP contribution in [0.25, 0.3) is 10.8 Å². The summed E-state index contributed by atoms with van der Waals surface area (Å²) in [5, 5.41) is 10.4. The van der Waals surface area contributed by atoms with Crippen molar-refractivity contribution in [3.63, 3.8) is 0 Å². The van der Waals surface area contributed by atoms with Crippen LogP contribution in [0.4, 0.5) is 5.69 Å². The molecule has 1 unspecified atom stereocenters. The van der Waals surface area contributed by atoms with Crippen LogP contribution in [0.5, 0.6) is 0 Å². The van der Waals surface area contributed by atoms with Crippen LogP contribution in [0.3, 0.4) is 0 Å². The van der Waals surface area contributed by atoms with Crippen molar-refractivity contribution in [3.8, 4) is 0 Å². The van der Waals surface area contributed by atoms with Gasteiger partial charge in [0, 0.05) is 12.0 Å². The van der Waals surface area contributed by atoms with Gasteiger partial charge in [0.25, 0.3) is 11.5 Å². The Bertz CT molecular complexity index is 733. The van der Waals surface area contributed by atoms with Gasteiger partial charge in [0.15, 0.2) is 0 Å². The Morgan fingerprint density at radius 3 is 3.05 bits per heavy atom.